The van der Waals surface area contributed by atoms with Gasteiger partial charge in [-0.1, -0.05) is 18.2 Å². The van der Waals surface area contributed by atoms with Crippen LogP contribution in [0.5, 0.6) is 0 Å². The summed E-state index contributed by atoms with van der Waals surface area (Å²) in [5.41, 5.74) is 6.78. The molecule has 0 aliphatic heterocycles. The predicted molar refractivity (Wildman–Crippen MR) is 86.7 cm³/mol. The highest BCUT2D eigenvalue weighted by Crippen LogP contribution is 2.23. The number of hydrogen-bond acceptors (Lipinski definition) is 5. The summed E-state index contributed by atoms with van der Waals surface area (Å²) < 4.78 is 19.1. The van der Waals surface area contributed by atoms with Crippen LogP contribution in [0.2, 0.25) is 0 Å². The van der Waals surface area contributed by atoms with Crippen molar-refractivity contribution in [3.63, 3.8) is 0 Å². The molecule has 0 saturated heterocycles. The smallest absolute Gasteiger partial charge is 0.258 e. The van der Waals surface area contributed by atoms with E-state index in [1.54, 1.807) is 37.3 Å². The van der Waals surface area contributed by atoms with Crippen molar-refractivity contribution in [1.29, 1.82) is 0 Å². The quantitative estimate of drug-likeness (QED) is 0.768. The van der Waals surface area contributed by atoms with Crippen LogP contribution in [0.1, 0.15) is 29.2 Å². The molecule has 122 valence electrons. The molecule has 0 spiro atoms. The predicted octanol–water partition coefficient (Wildman–Crippen LogP) is 3.15. The monoisotopic (exact) mass is 326 g/mol. The number of carbonyl (C=O) groups is 1. The molecule has 3 N–H and O–H groups in total. The van der Waals surface area contributed by atoms with Crippen molar-refractivity contribution < 1.29 is 13.6 Å². The molecule has 7 heteroatoms. The molecule has 1 unspecified atom stereocenters. The highest BCUT2D eigenvalue weighted by atomic mass is 19.1. The van der Waals surface area contributed by atoms with Gasteiger partial charge in [-0.05, 0) is 37.3 Å². The van der Waals surface area contributed by atoms with Gasteiger partial charge in [-0.15, -0.1) is 10.2 Å². The summed E-state index contributed by atoms with van der Waals surface area (Å²) in [5.74, 6) is -0.494. The lowest BCUT2D eigenvalue weighted by Crippen LogP contribution is -2.13. The van der Waals surface area contributed by atoms with E-state index in [9.17, 15) is 9.18 Å². The number of halogens is 1. The number of carbonyl (C=O) groups excluding carboxylic acids is 1. The van der Waals surface area contributed by atoms with Gasteiger partial charge in [0.1, 0.15) is 5.82 Å². The second-order valence-electron chi connectivity index (χ2n) is 5.25. The summed E-state index contributed by atoms with van der Waals surface area (Å²) in [4.78, 5) is 12.2. The summed E-state index contributed by atoms with van der Waals surface area (Å²) in [5, 5.41) is 10.4. The van der Waals surface area contributed by atoms with E-state index < -0.39 is 11.7 Å². The first-order chi connectivity index (χ1) is 11.5. The molecule has 3 rings (SSSR count). The van der Waals surface area contributed by atoms with Gasteiger partial charge in [-0.25, -0.2) is 4.39 Å². The first-order valence-electron chi connectivity index (χ1n) is 7.30. The zero-order valence-electron chi connectivity index (χ0n) is 12.9. The highest BCUT2D eigenvalue weighted by molar-refractivity contribution is 6.04. The van der Waals surface area contributed by atoms with Crippen LogP contribution < -0.4 is 11.1 Å². The average molecular weight is 326 g/mol. The van der Waals surface area contributed by atoms with E-state index in [-0.39, 0.29) is 11.6 Å². The van der Waals surface area contributed by atoms with Gasteiger partial charge in [0.15, 0.2) is 0 Å². The van der Waals surface area contributed by atoms with Crippen molar-refractivity contribution in [3.05, 3.63) is 65.8 Å². The van der Waals surface area contributed by atoms with Crippen LogP contribution in [0.4, 0.5) is 10.1 Å². The molecule has 1 amide bonds. The Labute approximate surface area is 137 Å². The van der Waals surface area contributed by atoms with Crippen molar-refractivity contribution in [1.82, 2.24) is 10.2 Å². The van der Waals surface area contributed by atoms with E-state index in [0.717, 1.165) is 0 Å². The number of nitrogens with one attached hydrogen (secondary N) is 1. The Bertz CT molecular complexity index is 876. The molecule has 24 heavy (non-hydrogen) atoms. The number of hydrogen-bond donors (Lipinski definition) is 2. The van der Waals surface area contributed by atoms with Gasteiger partial charge in [0.2, 0.25) is 11.8 Å². The minimum Gasteiger partial charge on any atom is -0.419 e. The second-order valence-corrected chi connectivity index (χ2v) is 5.25. The normalized spacial score (nSPS) is 12.0. The van der Waals surface area contributed by atoms with Gasteiger partial charge in [-0.3, -0.25) is 4.79 Å². The van der Waals surface area contributed by atoms with Gasteiger partial charge >= 0.3 is 0 Å². The van der Waals surface area contributed by atoms with Gasteiger partial charge in [0, 0.05) is 11.3 Å². The largest absolute Gasteiger partial charge is 0.419 e. The van der Waals surface area contributed by atoms with E-state index >= 15 is 0 Å². The number of anilines is 1. The van der Waals surface area contributed by atoms with E-state index in [1.807, 2.05) is 0 Å². The van der Waals surface area contributed by atoms with Crippen molar-refractivity contribution in [2.75, 3.05) is 5.32 Å². The summed E-state index contributed by atoms with van der Waals surface area (Å²) >= 11 is 0. The van der Waals surface area contributed by atoms with Crippen molar-refractivity contribution in [2.45, 2.75) is 13.0 Å². The van der Waals surface area contributed by atoms with Crippen LogP contribution in [0.3, 0.4) is 0 Å². The third-order valence-electron chi connectivity index (χ3n) is 3.32. The number of nitrogens with zero attached hydrogens (tertiary/aromatic N) is 2. The lowest BCUT2D eigenvalue weighted by molar-refractivity contribution is 0.102. The third kappa shape index (κ3) is 3.31. The van der Waals surface area contributed by atoms with Crippen LogP contribution >= 0.6 is 0 Å². The van der Waals surface area contributed by atoms with Crippen LogP contribution in [-0.4, -0.2) is 16.1 Å². The van der Waals surface area contributed by atoms with Gasteiger partial charge in [0.05, 0.1) is 11.6 Å². The number of benzene rings is 2. The molecule has 0 radical (unpaired) electrons. The average Bonchev–Trinajstić information content (AvgIpc) is 3.06. The minimum atomic E-state index is -0.579. The lowest BCUT2D eigenvalue weighted by atomic mass is 10.1. The Balaban J connectivity index is 1.83. The fraction of sp³-hybridized carbons (Fsp3) is 0.118. The number of amides is 1. The highest BCUT2D eigenvalue weighted by Gasteiger charge is 2.14. The lowest BCUT2D eigenvalue weighted by Gasteiger charge is -2.07. The Morgan fingerprint density at radius 2 is 2.00 bits per heavy atom. The Morgan fingerprint density at radius 1 is 1.21 bits per heavy atom. The number of nitrogens with two attached hydrogens (primary N) is 1. The van der Waals surface area contributed by atoms with Gasteiger partial charge in [-0.2, -0.15) is 0 Å². The van der Waals surface area contributed by atoms with E-state index in [2.05, 4.69) is 15.5 Å². The molecule has 2 aromatic carbocycles. The Hall–Kier alpha value is -3.06. The zero-order chi connectivity index (χ0) is 17.1. The molecule has 1 heterocycles. The maximum Gasteiger partial charge on any atom is 0.258 e. The molecular formula is C17H15FN4O2. The molecule has 6 nitrogen and oxygen atoms in total. The molecule has 0 saturated carbocycles. The summed E-state index contributed by atoms with van der Waals surface area (Å²) in [6, 6.07) is 12.2. The van der Waals surface area contributed by atoms with Crippen molar-refractivity contribution in [3.8, 4) is 11.5 Å². The SMILES string of the molecule is CC(N)c1nnc(-c2cccc(NC(=O)c3ccccc3F)c2)o1. The first kappa shape index (κ1) is 15.8. The second kappa shape index (κ2) is 6.59. The van der Waals surface area contributed by atoms with E-state index in [4.69, 9.17) is 10.2 Å². The molecular weight excluding hydrogens is 311 g/mol. The molecule has 1 aromatic heterocycles. The van der Waals surface area contributed by atoms with Gasteiger partial charge < -0.3 is 15.5 Å². The number of rotatable bonds is 4. The summed E-state index contributed by atoms with van der Waals surface area (Å²) in [6.45, 7) is 1.74. The molecule has 3 aromatic rings. The summed E-state index contributed by atoms with van der Waals surface area (Å²) in [6.07, 6.45) is 0. The van der Waals surface area contributed by atoms with Crippen LogP contribution in [0.25, 0.3) is 11.5 Å². The fourth-order valence-corrected chi connectivity index (χ4v) is 2.11. The molecule has 1 atom stereocenters. The standard InChI is InChI=1S/C17H15FN4O2/c1-10(19)16-21-22-17(24-16)11-5-4-6-12(9-11)20-15(23)13-7-2-3-8-14(13)18/h2-10H,19H2,1H3,(H,20,23). The zero-order valence-corrected chi connectivity index (χ0v) is 12.9. The van der Waals surface area contributed by atoms with Crippen LogP contribution in [0.15, 0.2) is 52.9 Å². The number of aromatic nitrogens is 2. The van der Waals surface area contributed by atoms with Crippen molar-refractivity contribution in [2.24, 2.45) is 5.73 Å². The topological polar surface area (TPSA) is 94.0 Å². The molecule has 0 fully saturated rings. The van der Waals surface area contributed by atoms with E-state index in [1.165, 1.54) is 18.2 Å². The Morgan fingerprint density at radius 3 is 2.71 bits per heavy atom. The first-order valence-corrected chi connectivity index (χ1v) is 7.30. The third-order valence-corrected chi connectivity index (χ3v) is 3.32. The van der Waals surface area contributed by atoms with Crippen LogP contribution in [-0.2, 0) is 0 Å². The molecule has 0 aliphatic rings. The maximum absolute atomic E-state index is 13.7. The maximum atomic E-state index is 13.7. The van der Waals surface area contributed by atoms with Crippen molar-refractivity contribution >= 4 is 11.6 Å². The Kier molecular flexibility index (Phi) is 4.35. The minimum absolute atomic E-state index is 0.0278. The van der Waals surface area contributed by atoms with E-state index in [0.29, 0.717) is 23.0 Å². The van der Waals surface area contributed by atoms with Crippen LogP contribution in [0, 0.1) is 5.82 Å². The molecule has 0 aliphatic carbocycles. The molecule has 0 bridgehead atoms. The summed E-state index contributed by atoms with van der Waals surface area (Å²) in [7, 11) is 0. The van der Waals surface area contributed by atoms with Gasteiger partial charge in [0.25, 0.3) is 5.91 Å². The fourth-order valence-electron chi connectivity index (χ4n) is 2.11.